The molecule has 0 aliphatic carbocycles. The number of benzene rings is 10. The molecule has 2 heterocycles. The lowest BCUT2D eigenvalue weighted by molar-refractivity contribution is 0.569. The second kappa shape index (κ2) is 16.3. The molecule has 0 fully saturated rings. The topological polar surface area (TPSA) is 29.5 Å². The monoisotopic (exact) mass is 891 g/mol. The lowest BCUT2D eigenvalue weighted by Crippen LogP contribution is -2.16. The predicted octanol–water partition coefficient (Wildman–Crippen LogP) is 19.4. The van der Waals surface area contributed by atoms with Crippen LogP contribution in [0.4, 0.5) is 17.1 Å². The summed E-state index contributed by atoms with van der Waals surface area (Å²) < 4.78 is 13.0. The van der Waals surface area contributed by atoms with Gasteiger partial charge in [-0.15, -0.1) is 0 Å². The molecule has 0 aliphatic heterocycles. The number of para-hydroxylation sites is 5. The Bertz CT molecular complexity index is 3910. The van der Waals surface area contributed by atoms with Crippen molar-refractivity contribution in [2.45, 2.75) is 52.4 Å². The molecule has 12 aromatic rings. The van der Waals surface area contributed by atoms with Crippen LogP contribution in [-0.2, 0) is 10.8 Å². The van der Waals surface area contributed by atoms with Crippen LogP contribution in [0.15, 0.2) is 221 Å². The first-order valence-electron chi connectivity index (χ1n) is 24.1. The number of rotatable bonds is 7. The summed E-state index contributed by atoms with van der Waals surface area (Å²) in [6.07, 6.45) is 0. The van der Waals surface area contributed by atoms with Crippen LogP contribution in [-0.4, -0.2) is 0 Å². The Morgan fingerprint density at radius 2 is 0.754 bits per heavy atom. The molecule has 3 heteroatoms. The first-order valence-corrected chi connectivity index (χ1v) is 24.1. The molecule has 0 bridgehead atoms. The van der Waals surface area contributed by atoms with Gasteiger partial charge in [-0.05, 0) is 109 Å². The predicted molar refractivity (Wildman–Crippen MR) is 292 cm³/mol. The Morgan fingerprint density at radius 1 is 0.304 bits per heavy atom. The molecule has 0 aliphatic rings. The van der Waals surface area contributed by atoms with Gasteiger partial charge in [0.2, 0.25) is 0 Å². The SMILES string of the molecule is CC(C)(C)c1cc(-c2cccc3cccc(-c4ccccc4N(c4ccccc4-c4ccc5c(c4)oc4ccccc45)c4ccccc4-c4cccc5oc6ccccc6c45)c23)cc(C(C)(C)C)c1. The number of hydrogen-bond donors (Lipinski definition) is 0. The van der Waals surface area contributed by atoms with Gasteiger partial charge in [0.1, 0.15) is 22.3 Å². The Labute approximate surface area is 403 Å². The van der Waals surface area contributed by atoms with Crippen molar-refractivity contribution < 1.29 is 8.83 Å². The van der Waals surface area contributed by atoms with Crippen molar-refractivity contribution in [3.63, 3.8) is 0 Å². The third-order valence-corrected chi connectivity index (χ3v) is 14.0. The second-order valence-corrected chi connectivity index (χ2v) is 20.5. The van der Waals surface area contributed by atoms with E-state index in [-0.39, 0.29) is 10.8 Å². The van der Waals surface area contributed by atoms with E-state index >= 15 is 0 Å². The van der Waals surface area contributed by atoms with Gasteiger partial charge in [0, 0.05) is 38.2 Å². The van der Waals surface area contributed by atoms with Gasteiger partial charge in [-0.25, -0.2) is 0 Å². The molecule has 0 atom stereocenters. The van der Waals surface area contributed by atoms with E-state index in [9.17, 15) is 0 Å². The molecule has 0 saturated carbocycles. The van der Waals surface area contributed by atoms with Gasteiger partial charge < -0.3 is 13.7 Å². The largest absolute Gasteiger partial charge is 0.456 e. The smallest absolute Gasteiger partial charge is 0.136 e. The van der Waals surface area contributed by atoms with Crippen LogP contribution in [0, 0.1) is 0 Å². The average molecular weight is 892 g/mol. The minimum atomic E-state index is -0.0285. The molecule has 334 valence electrons. The molecule has 2 aromatic heterocycles. The lowest BCUT2D eigenvalue weighted by Gasteiger charge is -2.32. The van der Waals surface area contributed by atoms with E-state index in [2.05, 4.69) is 241 Å². The summed E-state index contributed by atoms with van der Waals surface area (Å²) in [4.78, 5) is 2.49. The molecular weight excluding hydrogens is 839 g/mol. The van der Waals surface area contributed by atoms with Gasteiger partial charge in [-0.3, -0.25) is 0 Å². The van der Waals surface area contributed by atoms with Crippen molar-refractivity contribution in [3.8, 4) is 44.5 Å². The Morgan fingerprint density at radius 3 is 1.39 bits per heavy atom. The van der Waals surface area contributed by atoms with Crippen molar-refractivity contribution in [2.24, 2.45) is 0 Å². The zero-order valence-electron chi connectivity index (χ0n) is 40.0. The third kappa shape index (κ3) is 7.28. The first-order chi connectivity index (χ1) is 33.5. The summed E-state index contributed by atoms with van der Waals surface area (Å²) in [5, 5.41) is 6.84. The van der Waals surface area contributed by atoms with E-state index in [1.54, 1.807) is 0 Å². The standard InChI is InChI=1S/C66H53NO2/c1-65(2,3)45-38-44(39-46(41-45)66(4,5)6)48-27-17-20-42-21-18-28-53(63(42)48)49-23-8-13-31-57(49)67(56-30-12-7-22-47(56)43-36-37-52-51-25-10-15-33-59(51)69-62(52)40-43)58-32-14-9-24-50(58)54-29-19-35-61-64(54)55-26-11-16-34-60(55)68-61/h7-41H,1-6H3. The molecule has 3 nitrogen and oxygen atoms in total. The van der Waals surface area contributed by atoms with Gasteiger partial charge >= 0.3 is 0 Å². The molecule has 10 aromatic carbocycles. The zero-order chi connectivity index (χ0) is 47.0. The Kier molecular flexibility index (Phi) is 9.97. The van der Waals surface area contributed by atoms with E-state index < -0.39 is 0 Å². The minimum Gasteiger partial charge on any atom is -0.456 e. The number of fused-ring (bicyclic) bond motifs is 7. The van der Waals surface area contributed by atoms with Gasteiger partial charge in [-0.1, -0.05) is 205 Å². The fourth-order valence-electron chi connectivity index (χ4n) is 10.4. The van der Waals surface area contributed by atoms with E-state index in [0.29, 0.717) is 0 Å². The fourth-order valence-corrected chi connectivity index (χ4v) is 10.4. The van der Waals surface area contributed by atoms with Crippen molar-refractivity contribution in [1.82, 2.24) is 0 Å². The second-order valence-electron chi connectivity index (χ2n) is 20.5. The van der Waals surface area contributed by atoms with E-state index in [4.69, 9.17) is 8.83 Å². The first kappa shape index (κ1) is 42.2. The highest BCUT2D eigenvalue weighted by Crippen LogP contribution is 2.51. The molecule has 0 saturated heterocycles. The van der Waals surface area contributed by atoms with Crippen LogP contribution in [0.2, 0.25) is 0 Å². The van der Waals surface area contributed by atoms with E-state index in [1.807, 2.05) is 18.2 Å². The third-order valence-electron chi connectivity index (χ3n) is 14.0. The summed E-state index contributed by atoms with van der Waals surface area (Å²) in [6, 6.07) is 77.2. The maximum absolute atomic E-state index is 6.52. The number of nitrogens with zero attached hydrogens (tertiary/aromatic N) is 1. The van der Waals surface area contributed by atoms with Crippen LogP contribution in [0.5, 0.6) is 0 Å². The molecule has 0 N–H and O–H groups in total. The molecular formula is C66H53NO2. The summed E-state index contributed by atoms with van der Waals surface area (Å²) in [7, 11) is 0. The Balaban J connectivity index is 1.14. The number of anilines is 3. The van der Waals surface area contributed by atoms with Crippen LogP contribution in [0.25, 0.3) is 99.2 Å². The van der Waals surface area contributed by atoms with Gasteiger partial charge in [-0.2, -0.15) is 0 Å². The molecule has 0 unspecified atom stereocenters. The van der Waals surface area contributed by atoms with Crippen molar-refractivity contribution in [1.29, 1.82) is 0 Å². The molecule has 12 rings (SSSR count). The summed E-state index contributed by atoms with van der Waals surface area (Å²) in [5.41, 5.74) is 18.4. The molecule has 69 heavy (non-hydrogen) atoms. The van der Waals surface area contributed by atoms with Crippen LogP contribution in [0.3, 0.4) is 0 Å². The summed E-state index contributed by atoms with van der Waals surface area (Å²) in [6.45, 7) is 13.9. The summed E-state index contributed by atoms with van der Waals surface area (Å²) in [5.74, 6) is 0. The van der Waals surface area contributed by atoms with Crippen molar-refractivity contribution in [2.75, 3.05) is 4.90 Å². The average Bonchev–Trinajstić information content (AvgIpc) is 3.94. The van der Waals surface area contributed by atoms with Crippen LogP contribution in [0.1, 0.15) is 52.7 Å². The number of furan rings is 2. The van der Waals surface area contributed by atoms with Gasteiger partial charge in [0.25, 0.3) is 0 Å². The van der Waals surface area contributed by atoms with Crippen molar-refractivity contribution in [3.05, 3.63) is 223 Å². The van der Waals surface area contributed by atoms with E-state index in [0.717, 1.165) is 88.8 Å². The normalized spacial score (nSPS) is 12.2. The van der Waals surface area contributed by atoms with Gasteiger partial charge in [0.05, 0.1) is 17.1 Å². The zero-order valence-corrected chi connectivity index (χ0v) is 40.0. The molecule has 0 spiro atoms. The summed E-state index contributed by atoms with van der Waals surface area (Å²) >= 11 is 0. The maximum atomic E-state index is 6.52. The highest BCUT2D eigenvalue weighted by Gasteiger charge is 2.27. The minimum absolute atomic E-state index is 0.0285. The quantitative estimate of drug-likeness (QED) is 0.160. The highest BCUT2D eigenvalue weighted by atomic mass is 16.3. The highest BCUT2D eigenvalue weighted by molar-refractivity contribution is 6.15. The Hall–Kier alpha value is -8.14. The molecule has 0 radical (unpaired) electrons. The number of hydrogen-bond acceptors (Lipinski definition) is 3. The van der Waals surface area contributed by atoms with E-state index in [1.165, 1.54) is 38.6 Å². The van der Waals surface area contributed by atoms with Gasteiger partial charge in [0.15, 0.2) is 0 Å². The molecule has 0 amide bonds. The van der Waals surface area contributed by atoms with Crippen LogP contribution >= 0.6 is 0 Å². The van der Waals surface area contributed by atoms with Crippen LogP contribution < -0.4 is 4.90 Å². The maximum Gasteiger partial charge on any atom is 0.136 e. The van der Waals surface area contributed by atoms with Crippen molar-refractivity contribution >= 4 is 71.7 Å². The lowest BCUT2D eigenvalue weighted by atomic mass is 9.78. The fraction of sp³-hybridized carbons (Fsp3) is 0.121.